The Labute approximate surface area is 165 Å². The molecular weight excluding hydrogens is 380 g/mol. The van der Waals surface area contributed by atoms with Crippen LogP contribution in [0.25, 0.3) is 0 Å². The van der Waals surface area contributed by atoms with Crippen molar-refractivity contribution in [2.75, 3.05) is 30.5 Å². The van der Waals surface area contributed by atoms with Gasteiger partial charge in [0, 0.05) is 18.3 Å². The minimum atomic E-state index is -0.642. The van der Waals surface area contributed by atoms with Crippen LogP contribution in [0.5, 0.6) is 5.75 Å². The molecule has 1 heterocycles. The largest absolute Gasteiger partial charge is 0.494 e. The zero-order chi connectivity index (χ0) is 20.8. The maximum absolute atomic E-state index is 12.3. The lowest BCUT2D eigenvalue weighted by Gasteiger charge is -2.16. The summed E-state index contributed by atoms with van der Waals surface area (Å²) in [5, 5.41) is 16.8. The third kappa shape index (κ3) is 4.67. The number of hydrogen-bond donors (Lipinski definition) is 1. The van der Waals surface area contributed by atoms with Gasteiger partial charge in [-0.05, 0) is 24.1 Å². The normalized spacial score (nSPS) is 12.5. The highest BCUT2D eigenvalue weighted by atomic mass is 16.6. The van der Waals surface area contributed by atoms with Crippen LogP contribution in [0.3, 0.4) is 0 Å². The molecule has 1 aliphatic rings. The third-order valence-electron chi connectivity index (χ3n) is 4.27. The molecule has 0 saturated carbocycles. The van der Waals surface area contributed by atoms with Crippen molar-refractivity contribution in [3.05, 3.63) is 58.1 Å². The monoisotopic (exact) mass is 398 g/mol. The second-order valence-corrected chi connectivity index (χ2v) is 6.06. The molecule has 0 unspecified atom stereocenters. The highest BCUT2D eigenvalue weighted by molar-refractivity contribution is 6.31. The summed E-state index contributed by atoms with van der Waals surface area (Å²) in [6.07, 6.45) is 1.65. The fourth-order valence-electron chi connectivity index (χ4n) is 2.91. The van der Waals surface area contributed by atoms with Crippen LogP contribution in [-0.2, 0) is 20.8 Å². The second-order valence-electron chi connectivity index (χ2n) is 6.06. The van der Waals surface area contributed by atoms with Gasteiger partial charge in [0.15, 0.2) is 6.61 Å². The summed E-state index contributed by atoms with van der Waals surface area (Å²) in [7, 11) is 1.33. The Bertz CT molecular complexity index is 975. The number of nitrogens with one attached hydrogen (secondary N) is 1. The summed E-state index contributed by atoms with van der Waals surface area (Å²) in [5.41, 5.74) is 2.02. The van der Waals surface area contributed by atoms with E-state index in [0.29, 0.717) is 6.54 Å². The van der Waals surface area contributed by atoms with Gasteiger partial charge in [0.2, 0.25) is 0 Å². The molecule has 0 aliphatic carbocycles. The number of non-ortho nitro benzene ring substituents is 1. The average Bonchev–Trinajstić information content (AvgIpc) is 3.15. The van der Waals surface area contributed by atoms with E-state index in [4.69, 9.17) is 9.57 Å². The van der Waals surface area contributed by atoms with Gasteiger partial charge in [-0.25, -0.2) is 0 Å². The number of nitro groups is 1. The number of nitrogens with zero attached hydrogens (tertiary/aromatic N) is 3. The van der Waals surface area contributed by atoms with Gasteiger partial charge >= 0.3 is 0 Å². The summed E-state index contributed by atoms with van der Waals surface area (Å²) in [5.74, 6) is -0.773. The predicted octanol–water partition coefficient (Wildman–Crippen LogP) is 2.13. The molecule has 0 atom stereocenters. The molecule has 10 nitrogen and oxygen atoms in total. The van der Waals surface area contributed by atoms with Crippen LogP contribution in [0, 0.1) is 10.1 Å². The Morgan fingerprint density at radius 2 is 2.10 bits per heavy atom. The molecule has 2 amide bonds. The van der Waals surface area contributed by atoms with Crippen LogP contribution in [0.15, 0.2) is 47.6 Å². The Morgan fingerprint density at radius 1 is 1.31 bits per heavy atom. The van der Waals surface area contributed by atoms with Gasteiger partial charge in [-0.15, -0.1) is 0 Å². The number of para-hydroxylation sites is 1. The first kappa shape index (κ1) is 19.8. The molecule has 10 heteroatoms. The molecule has 0 aromatic heterocycles. The Hall–Kier alpha value is -3.95. The van der Waals surface area contributed by atoms with Crippen LogP contribution in [0.2, 0.25) is 0 Å². The lowest BCUT2D eigenvalue weighted by Crippen LogP contribution is -2.31. The molecular formula is C19H18N4O6. The number of carbonyl (C=O) groups excluding carboxylic acids is 2. The van der Waals surface area contributed by atoms with Crippen molar-refractivity contribution in [1.82, 2.24) is 0 Å². The van der Waals surface area contributed by atoms with E-state index in [0.717, 1.165) is 23.9 Å². The van der Waals surface area contributed by atoms with Crippen molar-refractivity contribution >= 4 is 35.1 Å². The highest BCUT2D eigenvalue weighted by Gasteiger charge is 2.24. The number of rotatable bonds is 7. The fourth-order valence-corrected chi connectivity index (χ4v) is 2.91. The molecule has 1 aliphatic heterocycles. The summed E-state index contributed by atoms with van der Waals surface area (Å²) < 4.78 is 5.03. The van der Waals surface area contributed by atoms with Crippen LogP contribution in [0.4, 0.5) is 17.1 Å². The molecule has 0 spiro atoms. The van der Waals surface area contributed by atoms with E-state index in [2.05, 4.69) is 10.5 Å². The molecule has 0 bridgehead atoms. The molecule has 0 radical (unpaired) electrons. The minimum absolute atomic E-state index is 0.129. The minimum Gasteiger partial charge on any atom is -0.494 e. The van der Waals surface area contributed by atoms with Gasteiger partial charge in [-0.1, -0.05) is 23.4 Å². The topological polar surface area (TPSA) is 123 Å². The van der Waals surface area contributed by atoms with E-state index in [-0.39, 0.29) is 29.6 Å². The number of fused-ring (bicyclic) bond motifs is 1. The van der Waals surface area contributed by atoms with E-state index >= 15 is 0 Å². The number of nitro benzene ring substituents is 1. The number of benzene rings is 2. The summed E-state index contributed by atoms with van der Waals surface area (Å²) in [6, 6.07) is 11.4. The standard InChI is InChI=1S/C19H18N4O6/c1-28-17-10-14(23(26)27)6-7-15(17)21-18(24)11-20-29-12-19(25)22-9-8-13-4-2-3-5-16(13)22/h2-7,10-11H,8-9,12H2,1H3,(H,21,24)/b20-11-. The molecule has 2 aromatic carbocycles. The van der Waals surface area contributed by atoms with Gasteiger partial charge in [-0.3, -0.25) is 19.7 Å². The zero-order valence-electron chi connectivity index (χ0n) is 15.5. The fraction of sp³-hybridized carbons (Fsp3) is 0.211. The SMILES string of the molecule is COc1cc([N+](=O)[O-])ccc1NC(=O)/C=N\OCC(=O)N1CCc2ccccc21. The van der Waals surface area contributed by atoms with Gasteiger partial charge in [0.1, 0.15) is 12.0 Å². The molecule has 3 rings (SSSR count). The predicted molar refractivity (Wildman–Crippen MR) is 105 cm³/mol. The first-order valence-corrected chi connectivity index (χ1v) is 8.66. The molecule has 0 fully saturated rings. The van der Waals surface area contributed by atoms with Crippen LogP contribution >= 0.6 is 0 Å². The Morgan fingerprint density at radius 3 is 2.86 bits per heavy atom. The van der Waals surface area contributed by atoms with Crippen molar-refractivity contribution < 1.29 is 24.1 Å². The van der Waals surface area contributed by atoms with Gasteiger partial charge in [-0.2, -0.15) is 0 Å². The zero-order valence-corrected chi connectivity index (χ0v) is 15.5. The molecule has 0 saturated heterocycles. The van der Waals surface area contributed by atoms with Crippen molar-refractivity contribution in [3.63, 3.8) is 0 Å². The number of ether oxygens (including phenoxy) is 1. The maximum atomic E-state index is 12.3. The number of hydrogen-bond acceptors (Lipinski definition) is 7. The lowest BCUT2D eigenvalue weighted by molar-refractivity contribution is -0.384. The van der Waals surface area contributed by atoms with E-state index < -0.39 is 10.8 Å². The number of amides is 2. The third-order valence-corrected chi connectivity index (χ3v) is 4.27. The van der Waals surface area contributed by atoms with E-state index in [1.54, 1.807) is 4.90 Å². The second kappa shape index (κ2) is 8.83. The number of methoxy groups -OCH3 is 1. The van der Waals surface area contributed by atoms with Crippen molar-refractivity contribution in [3.8, 4) is 5.75 Å². The quantitative estimate of drug-likeness (QED) is 0.433. The van der Waals surface area contributed by atoms with Crippen molar-refractivity contribution in [2.24, 2.45) is 5.16 Å². The van der Waals surface area contributed by atoms with Crippen LogP contribution < -0.4 is 15.0 Å². The summed E-state index contributed by atoms with van der Waals surface area (Å²) in [6.45, 7) is 0.268. The number of carbonyl (C=O) groups is 2. The summed E-state index contributed by atoms with van der Waals surface area (Å²) in [4.78, 5) is 41.0. The first-order chi connectivity index (χ1) is 14.0. The Balaban J connectivity index is 1.52. The van der Waals surface area contributed by atoms with E-state index in [1.165, 1.54) is 25.3 Å². The van der Waals surface area contributed by atoms with E-state index in [9.17, 15) is 19.7 Å². The number of anilines is 2. The first-order valence-electron chi connectivity index (χ1n) is 8.66. The lowest BCUT2D eigenvalue weighted by atomic mass is 10.2. The van der Waals surface area contributed by atoms with Gasteiger partial charge in [0.25, 0.3) is 17.5 Å². The van der Waals surface area contributed by atoms with Crippen LogP contribution in [-0.4, -0.2) is 43.2 Å². The van der Waals surface area contributed by atoms with Gasteiger partial charge in [0.05, 0.1) is 23.8 Å². The molecule has 29 heavy (non-hydrogen) atoms. The number of oxime groups is 1. The molecule has 1 N–H and O–H groups in total. The summed E-state index contributed by atoms with van der Waals surface area (Å²) >= 11 is 0. The highest BCUT2D eigenvalue weighted by Crippen LogP contribution is 2.29. The smallest absolute Gasteiger partial charge is 0.273 e. The van der Waals surface area contributed by atoms with Crippen molar-refractivity contribution in [1.29, 1.82) is 0 Å². The van der Waals surface area contributed by atoms with Crippen LogP contribution in [0.1, 0.15) is 5.56 Å². The average molecular weight is 398 g/mol. The van der Waals surface area contributed by atoms with E-state index in [1.807, 2.05) is 24.3 Å². The Kier molecular flexibility index (Phi) is 6.03. The molecule has 2 aromatic rings. The molecule has 150 valence electrons. The van der Waals surface area contributed by atoms with Gasteiger partial charge < -0.3 is 19.8 Å². The van der Waals surface area contributed by atoms with Crippen molar-refractivity contribution in [2.45, 2.75) is 6.42 Å². The maximum Gasteiger partial charge on any atom is 0.273 e.